The molecule has 3 aromatic rings. The van der Waals surface area contributed by atoms with Crippen molar-refractivity contribution in [2.75, 3.05) is 6.61 Å². The van der Waals surface area contributed by atoms with Crippen molar-refractivity contribution >= 4 is 38.9 Å². The zero-order valence-electron chi connectivity index (χ0n) is 16.1. The number of aromatic nitrogens is 1. The molecule has 0 saturated heterocycles. The van der Waals surface area contributed by atoms with Crippen LogP contribution in [0.5, 0.6) is 0 Å². The van der Waals surface area contributed by atoms with Crippen LogP contribution < -0.4 is 0 Å². The predicted molar refractivity (Wildman–Crippen MR) is 115 cm³/mol. The van der Waals surface area contributed by atoms with Gasteiger partial charge >= 0.3 is 5.97 Å². The summed E-state index contributed by atoms with van der Waals surface area (Å²) in [6.45, 7) is 4.06. The number of thioether (sulfide) groups is 1. The Labute approximate surface area is 179 Å². The molecule has 8 heteroatoms. The molecule has 0 N–H and O–H groups in total. The number of rotatable bonds is 8. The fourth-order valence-corrected chi connectivity index (χ4v) is 5.62. The summed E-state index contributed by atoms with van der Waals surface area (Å²) in [6.07, 6.45) is 0.177. The third-order valence-corrected chi connectivity index (χ3v) is 8.02. The van der Waals surface area contributed by atoms with Crippen molar-refractivity contribution in [2.45, 2.75) is 40.2 Å². The average molecular weight is 448 g/mol. The molecule has 0 amide bonds. The number of carbonyl (C=O) groups is 1. The van der Waals surface area contributed by atoms with Crippen LogP contribution in [0.1, 0.15) is 23.7 Å². The molecule has 29 heavy (non-hydrogen) atoms. The first-order valence-corrected chi connectivity index (χ1v) is 12.4. The van der Waals surface area contributed by atoms with Crippen molar-refractivity contribution < 1.29 is 17.9 Å². The zero-order chi connectivity index (χ0) is 20.9. The molecule has 3 rings (SSSR count). The second kappa shape index (κ2) is 9.56. The zero-order valence-corrected chi connectivity index (χ0v) is 18.6. The molecular formula is C21H21NO4S3. The van der Waals surface area contributed by atoms with Crippen molar-refractivity contribution in [1.29, 1.82) is 0 Å². The molecule has 0 aliphatic heterocycles. The Morgan fingerprint density at radius 2 is 1.69 bits per heavy atom. The van der Waals surface area contributed by atoms with Crippen LogP contribution in [0.15, 0.2) is 68.0 Å². The van der Waals surface area contributed by atoms with E-state index in [1.165, 1.54) is 11.3 Å². The van der Waals surface area contributed by atoms with Gasteiger partial charge in [0.1, 0.15) is 4.34 Å². The highest BCUT2D eigenvalue weighted by atomic mass is 32.2. The minimum absolute atomic E-state index is 0.177. The molecule has 0 unspecified atom stereocenters. The van der Waals surface area contributed by atoms with E-state index in [1.54, 1.807) is 55.1 Å². The van der Waals surface area contributed by atoms with Crippen LogP contribution in [-0.2, 0) is 31.5 Å². The Bertz CT molecular complexity index is 1070. The maximum atomic E-state index is 12.7. The summed E-state index contributed by atoms with van der Waals surface area (Å²) in [5, 5.41) is 1.86. The molecular weight excluding hydrogens is 426 g/mol. The van der Waals surface area contributed by atoms with Crippen LogP contribution >= 0.6 is 23.1 Å². The van der Waals surface area contributed by atoms with E-state index < -0.39 is 9.84 Å². The van der Waals surface area contributed by atoms with Gasteiger partial charge in [-0.15, -0.1) is 11.3 Å². The summed E-state index contributed by atoms with van der Waals surface area (Å²) in [5.41, 5.74) is 2.72. The van der Waals surface area contributed by atoms with Crippen LogP contribution in [0.25, 0.3) is 0 Å². The van der Waals surface area contributed by atoms with Gasteiger partial charge in [-0.25, -0.2) is 13.4 Å². The number of aryl methyl sites for hydroxylation is 1. The smallest absolute Gasteiger partial charge is 0.311 e. The summed E-state index contributed by atoms with van der Waals surface area (Å²) in [7, 11) is -3.51. The number of carbonyl (C=O) groups excluding carboxylic acids is 1. The molecule has 5 nitrogen and oxygen atoms in total. The lowest BCUT2D eigenvalue weighted by Gasteiger charge is -2.06. The second-order valence-corrected chi connectivity index (χ2v) is 10.4. The lowest BCUT2D eigenvalue weighted by atomic mass is 10.2. The maximum Gasteiger partial charge on any atom is 0.311 e. The van der Waals surface area contributed by atoms with Gasteiger partial charge in [-0.1, -0.05) is 41.6 Å². The fourth-order valence-electron chi connectivity index (χ4n) is 2.56. The van der Waals surface area contributed by atoms with Gasteiger partial charge in [-0.3, -0.25) is 4.79 Å². The molecule has 0 fully saturated rings. The highest BCUT2D eigenvalue weighted by Gasteiger charge is 2.17. The van der Waals surface area contributed by atoms with E-state index >= 15 is 0 Å². The standard InChI is InChI=1S/C21H21NO4S3/c1-3-26-20(23)12-17-14-28-21(22-17)27-13-16-6-10-19(11-7-16)29(24,25)18-8-4-15(2)5-9-18/h4-11,14H,3,12-13H2,1-2H3. The fraction of sp³-hybridized carbons (Fsp3) is 0.238. The monoisotopic (exact) mass is 447 g/mol. The summed E-state index contributed by atoms with van der Waals surface area (Å²) in [4.78, 5) is 16.5. The average Bonchev–Trinajstić information content (AvgIpc) is 3.14. The Kier molecular flexibility index (Phi) is 7.10. The summed E-state index contributed by atoms with van der Waals surface area (Å²) >= 11 is 3.03. The Hall–Kier alpha value is -2.16. The first-order chi connectivity index (χ1) is 13.9. The van der Waals surface area contributed by atoms with Gasteiger partial charge in [-0.2, -0.15) is 0 Å². The maximum absolute atomic E-state index is 12.7. The van der Waals surface area contributed by atoms with E-state index in [0.29, 0.717) is 22.9 Å². The van der Waals surface area contributed by atoms with Gasteiger partial charge in [0.25, 0.3) is 0 Å². The third-order valence-electron chi connectivity index (χ3n) is 4.09. The minimum Gasteiger partial charge on any atom is -0.466 e. The lowest BCUT2D eigenvalue weighted by molar-refractivity contribution is -0.142. The summed E-state index contributed by atoms with van der Waals surface area (Å²) in [5.74, 6) is 0.386. The van der Waals surface area contributed by atoms with E-state index in [-0.39, 0.29) is 17.3 Å². The number of hydrogen-bond donors (Lipinski definition) is 0. The number of hydrogen-bond acceptors (Lipinski definition) is 7. The van der Waals surface area contributed by atoms with Gasteiger partial charge in [0.15, 0.2) is 0 Å². The van der Waals surface area contributed by atoms with Crippen LogP contribution in [0.3, 0.4) is 0 Å². The minimum atomic E-state index is -3.51. The van der Waals surface area contributed by atoms with Crippen molar-refractivity contribution in [1.82, 2.24) is 4.98 Å². The van der Waals surface area contributed by atoms with E-state index in [2.05, 4.69) is 4.98 Å². The molecule has 0 aliphatic rings. The quantitative estimate of drug-likeness (QED) is 0.369. The van der Waals surface area contributed by atoms with Gasteiger partial charge < -0.3 is 4.74 Å². The third kappa shape index (κ3) is 5.68. The first kappa shape index (κ1) is 21.5. The lowest BCUT2D eigenvalue weighted by Crippen LogP contribution is -2.07. The van der Waals surface area contributed by atoms with E-state index in [4.69, 9.17) is 4.74 Å². The number of esters is 1. The molecule has 2 aromatic carbocycles. The number of sulfone groups is 1. The van der Waals surface area contributed by atoms with Gasteiger partial charge in [0.05, 0.1) is 28.5 Å². The summed E-state index contributed by atoms with van der Waals surface area (Å²) in [6, 6.07) is 13.8. The molecule has 152 valence electrons. The molecule has 0 atom stereocenters. The van der Waals surface area contributed by atoms with Crippen molar-refractivity contribution in [3.63, 3.8) is 0 Å². The number of ether oxygens (including phenoxy) is 1. The Balaban J connectivity index is 1.62. The van der Waals surface area contributed by atoms with E-state index in [1.807, 2.05) is 24.4 Å². The van der Waals surface area contributed by atoms with Crippen molar-refractivity contribution in [2.24, 2.45) is 0 Å². The molecule has 0 aliphatic carbocycles. The molecule has 0 saturated carbocycles. The van der Waals surface area contributed by atoms with Gasteiger partial charge in [-0.05, 0) is 43.7 Å². The number of benzene rings is 2. The largest absolute Gasteiger partial charge is 0.466 e. The molecule has 1 aromatic heterocycles. The molecule has 0 bridgehead atoms. The van der Waals surface area contributed by atoms with E-state index in [0.717, 1.165) is 15.5 Å². The highest BCUT2D eigenvalue weighted by molar-refractivity contribution is 8.00. The summed E-state index contributed by atoms with van der Waals surface area (Å²) < 4.78 is 31.2. The molecule has 0 radical (unpaired) electrons. The van der Waals surface area contributed by atoms with Crippen LogP contribution in [-0.4, -0.2) is 26.0 Å². The highest BCUT2D eigenvalue weighted by Crippen LogP contribution is 2.28. The van der Waals surface area contributed by atoms with Crippen molar-refractivity contribution in [3.05, 3.63) is 70.7 Å². The molecule has 1 heterocycles. The van der Waals surface area contributed by atoms with Crippen LogP contribution in [0.4, 0.5) is 0 Å². The van der Waals surface area contributed by atoms with Crippen molar-refractivity contribution in [3.8, 4) is 0 Å². The van der Waals surface area contributed by atoms with Crippen LogP contribution in [0.2, 0.25) is 0 Å². The number of nitrogens with zero attached hydrogens (tertiary/aromatic N) is 1. The topological polar surface area (TPSA) is 73.3 Å². The molecule has 0 spiro atoms. The SMILES string of the molecule is CCOC(=O)Cc1csc(SCc2ccc(S(=O)(=O)c3ccc(C)cc3)cc2)n1. The Morgan fingerprint density at radius 1 is 1.07 bits per heavy atom. The van der Waals surface area contributed by atoms with Gasteiger partial charge in [0.2, 0.25) is 9.84 Å². The van der Waals surface area contributed by atoms with Gasteiger partial charge in [0, 0.05) is 11.1 Å². The predicted octanol–water partition coefficient (Wildman–Crippen LogP) is 4.68. The number of thiazole rings is 1. The van der Waals surface area contributed by atoms with Crippen LogP contribution in [0, 0.1) is 6.92 Å². The first-order valence-electron chi connectivity index (χ1n) is 9.02. The Morgan fingerprint density at radius 3 is 2.31 bits per heavy atom. The normalized spacial score (nSPS) is 11.4. The van der Waals surface area contributed by atoms with E-state index in [9.17, 15) is 13.2 Å². The second-order valence-electron chi connectivity index (χ2n) is 6.34.